The van der Waals surface area contributed by atoms with Crippen LogP contribution >= 0.6 is 11.8 Å². The summed E-state index contributed by atoms with van der Waals surface area (Å²) < 4.78 is 1.66. The summed E-state index contributed by atoms with van der Waals surface area (Å²) in [4.78, 5) is 17.5. The van der Waals surface area contributed by atoms with Crippen LogP contribution in [-0.2, 0) is 0 Å². The Balaban J connectivity index is 1.75. The van der Waals surface area contributed by atoms with Crippen molar-refractivity contribution in [3.05, 3.63) is 54.6 Å². The summed E-state index contributed by atoms with van der Waals surface area (Å²) in [7, 11) is 0. The van der Waals surface area contributed by atoms with Crippen molar-refractivity contribution in [3.63, 3.8) is 0 Å². The Morgan fingerprint density at radius 2 is 1.87 bits per heavy atom. The first-order chi connectivity index (χ1) is 11.2. The van der Waals surface area contributed by atoms with E-state index in [-0.39, 0.29) is 5.91 Å². The third-order valence-electron chi connectivity index (χ3n) is 3.82. The molecule has 0 aliphatic carbocycles. The van der Waals surface area contributed by atoms with Crippen LogP contribution < -0.4 is 0 Å². The SMILES string of the molecule is CC1(N=Nc2ccccc2)CSc2nc3ccccc3n2C1=O. The Labute approximate surface area is 137 Å². The lowest BCUT2D eigenvalue weighted by Gasteiger charge is -2.27. The number of carbonyl (C=O) groups is 1. The summed E-state index contributed by atoms with van der Waals surface area (Å²) in [5.74, 6) is 0.450. The maximum atomic E-state index is 13.0. The molecule has 0 amide bonds. The fraction of sp³-hybridized carbons (Fsp3) is 0.176. The van der Waals surface area contributed by atoms with Gasteiger partial charge < -0.3 is 0 Å². The van der Waals surface area contributed by atoms with Crippen LogP contribution in [0.25, 0.3) is 11.0 Å². The van der Waals surface area contributed by atoms with Gasteiger partial charge in [0.05, 0.1) is 16.7 Å². The first-order valence-corrected chi connectivity index (χ1v) is 8.29. The molecule has 1 atom stereocenters. The molecule has 1 aliphatic rings. The smallest absolute Gasteiger partial charge is 0.263 e. The highest BCUT2D eigenvalue weighted by atomic mass is 32.2. The van der Waals surface area contributed by atoms with Crippen molar-refractivity contribution in [3.8, 4) is 0 Å². The molecule has 0 saturated carbocycles. The van der Waals surface area contributed by atoms with E-state index in [4.69, 9.17) is 0 Å². The highest BCUT2D eigenvalue weighted by molar-refractivity contribution is 7.99. The Bertz CT molecular complexity index is 919. The lowest BCUT2D eigenvalue weighted by atomic mass is 10.1. The molecule has 4 rings (SSSR count). The fourth-order valence-electron chi connectivity index (χ4n) is 2.54. The topological polar surface area (TPSA) is 59.6 Å². The van der Waals surface area contributed by atoms with Gasteiger partial charge in [0.15, 0.2) is 10.7 Å². The Morgan fingerprint density at radius 3 is 2.70 bits per heavy atom. The van der Waals surface area contributed by atoms with Crippen molar-refractivity contribution in [1.29, 1.82) is 0 Å². The van der Waals surface area contributed by atoms with Crippen LogP contribution in [0, 0.1) is 0 Å². The van der Waals surface area contributed by atoms with Crippen LogP contribution in [0.1, 0.15) is 11.7 Å². The van der Waals surface area contributed by atoms with Crippen molar-refractivity contribution in [2.45, 2.75) is 17.6 Å². The lowest BCUT2D eigenvalue weighted by molar-refractivity contribution is 0.0816. The second-order valence-electron chi connectivity index (χ2n) is 5.62. The molecule has 0 fully saturated rings. The molecule has 0 spiro atoms. The highest BCUT2D eigenvalue weighted by Crippen LogP contribution is 2.35. The molecule has 0 bridgehead atoms. The van der Waals surface area contributed by atoms with Crippen molar-refractivity contribution < 1.29 is 4.79 Å². The molecule has 1 unspecified atom stereocenters. The third kappa shape index (κ3) is 2.35. The number of rotatable bonds is 2. The summed E-state index contributed by atoms with van der Waals surface area (Å²) in [5, 5.41) is 9.33. The van der Waals surface area contributed by atoms with Gasteiger partial charge in [-0.25, -0.2) is 4.98 Å². The van der Waals surface area contributed by atoms with Crippen molar-refractivity contribution in [2.24, 2.45) is 10.2 Å². The van der Waals surface area contributed by atoms with Gasteiger partial charge in [0, 0.05) is 5.75 Å². The monoisotopic (exact) mass is 322 g/mol. The Hall–Kier alpha value is -2.47. The van der Waals surface area contributed by atoms with Gasteiger partial charge in [0.1, 0.15) is 0 Å². The molecule has 1 aliphatic heterocycles. The number of hydrogen-bond donors (Lipinski definition) is 0. The second-order valence-corrected chi connectivity index (χ2v) is 6.56. The first kappa shape index (κ1) is 14.1. The number of imidazole rings is 1. The van der Waals surface area contributed by atoms with E-state index in [1.165, 1.54) is 11.8 Å². The minimum Gasteiger partial charge on any atom is -0.271 e. The van der Waals surface area contributed by atoms with Crippen LogP contribution in [0.15, 0.2) is 70.0 Å². The predicted molar refractivity (Wildman–Crippen MR) is 90.4 cm³/mol. The van der Waals surface area contributed by atoms with E-state index < -0.39 is 5.54 Å². The van der Waals surface area contributed by atoms with Gasteiger partial charge >= 0.3 is 0 Å². The molecule has 0 saturated heterocycles. The van der Waals surface area contributed by atoms with Crippen LogP contribution in [0.3, 0.4) is 0 Å². The van der Waals surface area contributed by atoms with Crippen LogP contribution in [0.5, 0.6) is 0 Å². The van der Waals surface area contributed by atoms with Gasteiger partial charge in [0.2, 0.25) is 0 Å². The number of fused-ring (bicyclic) bond motifs is 3. The van der Waals surface area contributed by atoms with Gasteiger partial charge in [0.25, 0.3) is 5.91 Å². The molecule has 0 N–H and O–H groups in total. The summed E-state index contributed by atoms with van der Waals surface area (Å²) in [6, 6.07) is 17.1. The molecule has 6 heteroatoms. The van der Waals surface area contributed by atoms with Crippen molar-refractivity contribution >= 4 is 34.4 Å². The van der Waals surface area contributed by atoms with Crippen LogP contribution in [0.4, 0.5) is 5.69 Å². The van der Waals surface area contributed by atoms with Gasteiger partial charge in [-0.1, -0.05) is 42.1 Å². The van der Waals surface area contributed by atoms with E-state index in [0.29, 0.717) is 5.75 Å². The number of aromatic nitrogens is 2. The molecule has 3 aromatic rings. The van der Waals surface area contributed by atoms with Gasteiger partial charge in [-0.15, -0.1) is 0 Å². The lowest BCUT2D eigenvalue weighted by Crippen LogP contribution is -2.42. The summed E-state index contributed by atoms with van der Waals surface area (Å²) >= 11 is 1.54. The zero-order chi connectivity index (χ0) is 15.9. The minimum atomic E-state index is -0.892. The molecule has 114 valence electrons. The van der Waals surface area contributed by atoms with E-state index in [0.717, 1.165) is 21.9 Å². The molecule has 23 heavy (non-hydrogen) atoms. The first-order valence-electron chi connectivity index (χ1n) is 7.30. The van der Waals surface area contributed by atoms with Crippen LogP contribution in [-0.4, -0.2) is 26.8 Å². The van der Waals surface area contributed by atoms with Crippen LogP contribution in [0.2, 0.25) is 0 Å². The van der Waals surface area contributed by atoms with Gasteiger partial charge in [-0.05, 0) is 31.2 Å². The van der Waals surface area contributed by atoms with Gasteiger partial charge in [-0.2, -0.15) is 10.2 Å². The molecule has 1 aromatic heterocycles. The van der Waals surface area contributed by atoms with E-state index in [1.54, 1.807) is 4.57 Å². The molecule has 0 radical (unpaired) electrons. The van der Waals surface area contributed by atoms with Crippen molar-refractivity contribution in [1.82, 2.24) is 9.55 Å². The summed E-state index contributed by atoms with van der Waals surface area (Å²) in [5.41, 5.74) is 1.50. The van der Waals surface area contributed by atoms with E-state index in [2.05, 4.69) is 15.2 Å². The molecule has 5 nitrogen and oxygen atoms in total. The fourth-order valence-corrected chi connectivity index (χ4v) is 3.60. The molecule has 2 heterocycles. The predicted octanol–water partition coefficient (Wildman–Crippen LogP) is 4.32. The number of thioether (sulfide) groups is 1. The molecular weight excluding hydrogens is 308 g/mol. The normalized spacial score (nSPS) is 21.0. The number of nitrogens with zero attached hydrogens (tertiary/aromatic N) is 4. The van der Waals surface area contributed by atoms with Crippen molar-refractivity contribution in [2.75, 3.05) is 5.75 Å². The third-order valence-corrected chi connectivity index (χ3v) is 5.06. The standard InChI is InChI=1S/C17H14N4OS/c1-17(20-19-12-7-3-2-4-8-12)11-23-16-18-13-9-5-6-10-14(13)21(16)15(17)22/h2-10H,11H2,1H3. The second kappa shape index (κ2) is 5.31. The Morgan fingerprint density at radius 1 is 1.13 bits per heavy atom. The summed E-state index contributed by atoms with van der Waals surface area (Å²) in [6.45, 7) is 1.83. The number of para-hydroxylation sites is 2. The maximum absolute atomic E-state index is 13.0. The Kier molecular flexibility index (Phi) is 3.27. The molecule has 2 aromatic carbocycles. The zero-order valence-electron chi connectivity index (χ0n) is 12.5. The van der Waals surface area contributed by atoms with E-state index in [1.807, 2.05) is 61.5 Å². The molecular formula is C17H14N4OS. The van der Waals surface area contributed by atoms with E-state index in [9.17, 15) is 4.79 Å². The summed E-state index contributed by atoms with van der Waals surface area (Å²) in [6.07, 6.45) is 0. The van der Waals surface area contributed by atoms with Gasteiger partial charge in [-0.3, -0.25) is 9.36 Å². The quantitative estimate of drug-likeness (QED) is 0.660. The average molecular weight is 322 g/mol. The van der Waals surface area contributed by atoms with E-state index >= 15 is 0 Å². The number of azo groups is 1. The zero-order valence-corrected chi connectivity index (χ0v) is 13.3. The highest BCUT2D eigenvalue weighted by Gasteiger charge is 2.41. The minimum absolute atomic E-state index is 0.0837. The number of benzene rings is 2. The maximum Gasteiger partial charge on any atom is 0.263 e. The largest absolute Gasteiger partial charge is 0.271 e. The number of carbonyl (C=O) groups excluding carboxylic acids is 1. The number of hydrogen-bond acceptors (Lipinski definition) is 5. The average Bonchev–Trinajstić information content (AvgIpc) is 2.97.